The maximum Gasteiger partial charge on any atom is 0.271 e. The van der Waals surface area contributed by atoms with Crippen molar-refractivity contribution in [1.29, 1.82) is 0 Å². The highest BCUT2D eigenvalue weighted by Crippen LogP contribution is 2.35. The van der Waals surface area contributed by atoms with Gasteiger partial charge in [0.25, 0.3) is 5.91 Å². The number of carbonyl (C=O) groups excluding carboxylic acids is 2. The van der Waals surface area contributed by atoms with Crippen LogP contribution in [0.1, 0.15) is 61.6 Å². The summed E-state index contributed by atoms with van der Waals surface area (Å²) in [6.07, 6.45) is 4.94. The molecule has 0 radical (unpaired) electrons. The largest absolute Gasteiger partial charge is 0.463 e. The summed E-state index contributed by atoms with van der Waals surface area (Å²) < 4.78 is 7.52. The van der Waals surface area contributed by atoms with E-state index in [1.807, 2.05) is 48.7 Å². The second-order valence-electron chi connectivity index (χ2n) is 10.2. The number of aromatic nitrogens is 1. The fourth-order valence-electron chi connectivity index (χ4n) is 5.59. The van der Waals surface area contributed by atoms with E-state index in [1.54, 1.807) is 17.2 Å². The molecule has 4 atom stereocenters. The van der Waals surface area contributed by atoms with Crippen molar-refractivity contribution >= 4 is 22.9 Å². The highest BCUT2D eigenvalue weighted by molar-refractivity contribution is 6.02. The molecule has 1 N–H and O–H groups in total. The molecule has 1 fully saturated rings. The minimum atomic E-state index is -1.02. The Hall–Kier alpha value is -3.02. The Labute approximate surface area is 194 Å². The number of furan rings is 1. The van der Waals surface area contributed by atoms with Crippen molar-refractivity contribution in [2.24, 2.45) is 11.8 Å². The van der Waals surface area contributed by atoms with Crippen LogP contribution in [-0.2, 0) is 17.9 Å². The van der Waals surface area contributed by atoms with Crippen LogP contribution >= 0.6 is 0 Å². The Kier molecular flexibility index (Phi) is 5.34. The van der Waals surface area contributed by atoms with E-state index >= 15 is 0 Å². The zero-order chi connectivity index (χ0) is 23.3. The summed E-state index contributed by atoms with van der Waals surface area (Å²) in [7, 11) is 0. The van der Waals surface area contributed by atoms with E-state index in [-0.39, 0.29) is 17.9 Å². The number of nitrogens with zero attached hydrogens (tertiary/aromatic N) is 2. The van der Waals surface area contributed by atoms with Crippen LogP contribution in [-0.4, -0.2) is 32.9 Å². The molecule has 2 amide bonds. The summed E-state index contributed by atoms with van der Waals surface area (Å²) in [4.78, 5) is 29.5. The first-order valence-electron chi connectivity index (χ1n) is 12.0. The molecule has 5 rings (SSSR count). The maximum absolute atomic E-state index is 13.9. The van der Waals surface area contributed by atoms with E-state index in [4.69, 9.17) is 4.42 Å². The Morgan fingerprint density at radius 2 is 2.00 bits per heavy atom. The van der Waals surface area contributed by atoms with E-state index in [9.17, 15) is 9.59 Å². The third kappa shape index (κ3) is 3.56. The standard InChI is InChI=1S/C27H33N3O3/c1-17-9-7-11-21(19(17)3)28-26(32)27(4)16-29-22-12-13-33-24(22)14-23(29)25(31)30(27)15-20-10-6-5-8-18(20)2/h5-6,8,10,12-14,17,19,21H,7,9,11,15-16H2,1-4H3,(H,28,32)/t17-,19+,21-,27-/m1/s1. The first-order valence-corrected chi connectivity index (χ1v) is 12.0. The number of amides is 2. The minimum absolute atomic E-state index is 0.0774. The highest BCUT2D eigenvalue weighted by Gasteiger charge is 2.49. The molecule has 0 unspecified atom stereocenters. The zero-order valence-electron chi connectivity index (χ0n) is 19.9. The van der Waals surface area contributed by atoms with Crippen molar-refractivity contribution in [3.05, 3.63) is 59.5 Å². The molecule has 6 heteroatoms. The molecular formula is C27H33N3O3. The Balaban J connectivity index is 1.54. The number of benzene rings is 1. The molecule has 0 saturated heterocycles. The maximum atomic E-state index is 13.9. The molecule has 2 aliphatic rings. The summed E-state index contributed by atoms with van der Waals surface area (Å²) in [5, 5.41) is 3.36. The van der Waals surface area contributed by atoms with Crippen LogP contribution in [0.2, 0.25) is 0 Å². The van der Waals surface area contributed by atoms with Gasteiger partial charge in [-0.25, -0.2) is 0 Å². The van der Waals surface area contributed by atoms with Crippen LogP contribution < -0.4 is 5.32 Å². The summed E-state index contributed by atoms with van der Waals surface area (Å²) in [5.74, 6) is 0.776. The molecule has 0 bridgehead atoms. The number of carbonyl (C=O) groups is 2. The van der Waals surface area contributed by atoms with Gasteiger partial charge in [0.15, 0.2) is 5.58 Å². The first-order chi connectivity index (χ1) is 15.8. The van der Waals surface area contributed by atoms with Gasteiger partial charge in [0.05, 0.1) is 18.3 Å². The van der Waals surface area contributed by atoms with Gasteiger partial charge in [-0.1, -0.05) is 51.0 Å². The fraction of sp³-hybridized carbons (Fsp3) is 0.481. The molecule has 2 aromatic heterocycles. The Morgan fingerprint density at radius 3 is 2.79 bits per heavy atom. The van der Waals surface area contributed by atoms with Gasteiger partial charge in [-0.15, -0.1) is 0 Å². The van der Waals surface area contributed by atoms with E-state index in [0.29, 0.717) is 36.2 Å². The molecule has 6 nitrogen and oxygen atoms in total. The molecule has 3 heterocycles. The van der Waals surface area contributed by atoms with Gasteiger partial charge in [0, 0.05) is 24.7 Å². The van der Waals surface area contributed by atoms with Crippen molar-refractivity contribution in [2.45, 2.75) is 71.6 Å². The molecular weight excluding hydrogens is 414 g/mol. The van der Waals surface area contributed by atoms with Gasteiger partial charge in [-0.2, -0.15) is 0 Å². The van der Waals surface area contributed by atoms with Crippen molar-refractivity contribution < 1.29 is 14.0 Å². The Bertz CT molecular complexity index is 1210. The predicted octanol–water partition coefficient (Wildman–Crippen LogP) is 4.90. The minimum Gasteiger partial charge on any atom is -0.463 e. The topological polar surface area (TPSA) is 67.5 Å². The molecule has 33 heavy (non-hydrogen) atoms. The second kappa shape index (κ2) is 8.08. The van der Waals surface area contributed by atoms with Crippen molar-refractivity contribution in [2.75, 3.05) is 0 Å². The molecule has 1 aromatic carbocycles. The van der Waals surface area contributed by atoms with Crippen LogP contribution in [0.3, 0.4) is 0 Å². The van der Waals surface area contributed by atoms with Crippen molar-refractivity contribution in [3.8, 4) is 0 Å². The quantitative estimate of drug-likeness (QED) is 0.619. The molecule has 3 aromatic rings. The predicted molar refractivity (Wildman–Crippen MR) is 128 cm³/mol. The SMILES string of the molecule is Cc1ccccc1CN1C(=O)c2cc3occc3n2C[C@]1(C)C(=O)N[C@@H]1CCC[C@@H](C)[C@@H]1C. The number of nitrogens with one attached hydrogen (secondary N) is 1. The van der Waals surface area contributed by atoms with E-state index < -0.39 is 5.54 Å². The number of aryl methyl sites for hydroxylation is 1. The van der Waals surface area contributed by atoms with Gasteiger partial charge >= 0.3 is 0 Å². The van der Waals surface area contributed by atoms with Crippen LogP contribution in [0, 0.1) is 18.8 Å². The Morgan fingerprint density at radius 1 is 1.21 bits per heavy atom. The van der Waals surface area contributed by atoms with Crippen molar-refractivity contribution in [3.63, 3.8) is 0 Å². The second-order valence-corrected chi connectivity index (χ2v) is 10.2. The lowest BCUT2D eigenvalue weighted by Crippen LogP contribution is -2.65. The third-order valence-electron chi connectivity index (χ3n) is 8.15. The summed E-state index contributed by atoms with van der Waals surface area (Å²) in [6.45, 7) is 9.23. The van der Waals surface area contributed by atoms with Crippen LogP contribution in [0.25, 0.3) is 11.1 Å². The van der Waals surface area contributed by atoms with Gasteiger partial charge in [-0.05, 0) is 43.2 Å². The molecule has 1 saturated carbocycles. The van der Waals surface area contributed by atoms with Crippen LogP contribution in [0.15, 0.2) is 47.1 Å². The first kappa shape index (κ1) is 21.8. The average molecular weight is 448 g/mol. The number of rotatable bonds is 4. The van der Waals surface area contributed by atoms with Gasteiger partial charge in [-0.3, -0.25) is 9.59 Å². The lowest BCUT2D eigenvalue weighted by molar-refractivity contribution is -0.134. The van der Waals surface area contributed by atoms with Gasteiger partial charge < -0.3 is 19.2 Å². The fourth-order valence-corrected chi connectivity index (χ4v) is 5.59. The summed E-state index contributed by atoms with van der Waals surface area (Å²) in [5.41, 5.74) is 3.24. The average Bonchev–Trinajstić information content (AvgIpc) is 3.38. The van der Waals surface area contributed by atoms with E-state index in [1.165, 1.54) is 6.42 Å². The summed E-state index contributed by atoms with van der Waals surface area (Å²) >= 11 is 0. The highest BCUT2D eigenvalue weighted by atomic mass is 16.3. The lowest BCUT2D eigenvalue weighted by Gasteiger charge is -2.45. The smallest absolute Gasteiger partial charge is 0.271 e. The molecule has 1 aliphatic carbocycles. The lowest BCUT2D eigenvalue weighted by atomic mass is 9.77. The third-order valence-corrected chi connectivity index (χ3v) is 8.15. The zero-order valence-corrected chi connectivity index (χ0v) is 19.9. The van der Waals surface area contributed by atoms with Gasteiger partial charge in [0.2, 0.25) is 5.91 Å². The molecule has 174 valence electrons. The molecule has 0 spiro atoms. The van der Waals surface area contributed by atoms with Crippen LogP contribution in [0.4, 0.5) is 0 Å². The summed E-state index contributed by atoms with van der Waals surface area (Å²) in [6, 6.07) is 11.8. The molecule has 1 aliphatic heterocycles. The van der Waals surface area contributed by atoms with E-state index in [0.717, 1.165) is 29.5 Å². The van der Waals surface area contributed by atoms with Crippen LogP contribution in [0.5, 0.6) is 0 Å². The monoisotopic (exact) mass is 447 g/mol. The van der Waals surface area contributed by atoms with E-state index in [2.05, 4.69) is 19.2 Å². The number of hydrogen-bond donors (Lipinski definition) is 1. The normalized spacial score (nSPS) is 27.6. The van der Waals surface area contributed by atoms with Crippen molar-refractivity contribution in [1.82, 2.24) is 14.8 Å². The number of fused-ring (bicyclic) bond motifs is 3. The number of hydrogen-bond acceptors (Lipinski definition) is 3. The van der Waals surface area contributed by atoms with Gasteiger partial charge in [0.1, 0.15) is 11.2 Å².